The summed E-state index contributed by atoms with van der Waals surface area (Å²) in [7, 11) is 0. The smallest absolute Gasteiger partial charge is 0.231 e. The van der Waals surface area contributed by atoms with E-state index in [4.69, 9.17) is 10.7 Å². The highest BCUT2D eigenvalue weighted by Crippen LogP contribution is 2.42. The maximum atomic E-state index is 11.4. The minimum atomic E-state index is -0.188. The second-order valence-corrected chi connectivity index (χ2v) is 7.49. The van der Waals surface area contributed by atoms with Crippen LogP contribution in [0, 0.1) is 0 Å². The van der Waals surface area contributed by atoms with Gasteiger partial charge >= 0.3 is 0 Å². The highest BCUT2D eigenvalue weighted by Gasteiger charge is 2.32. The molecule has 4 rings (SSSR count). The van der Waals surface area contributed by atoms with E-state index in [1.807, 2.05) is 12.1 Å². The molecule has 1 unspecified atom stereocenters. The Kier molecular flexibility index (Phi) is 3.83. The molecule has 0 spiro atoms. The molecule has 0 fully saturated rings. The van der Waals surface area contributed by atoms with Crippen molar-refractivity contribution in [3.63, 3.8) is 0 Å². The van der Waals surface area contributed by atoms with Crippen LogP contribution in [0.2, 0.25) is 0 Å². The number of para-hydroxylation sites is 1. The first-order valence-electron chi connectivity index (χ1n) is 7.93. The Morgan fingerprint density at radius 2 is 2.17 bits per heavy atom. The SMILES string of the molecule is NC(=O)C1CC2=C(CCN(Cc3ccc4ccccc4n3)C2)S1. The molecule has 23 heavy (non-hydrogen) atoms. The van der Waals surface area contributed by atoms with E-state index >= 15 is 0 Å². The molecule has 4 nitrogen and oxygen atoms in total. The Hall–Kier alpha value is -1.85. The number of primary amides is 1. The fraction of sp³-hybridized carbons (Fsp3) is 0.333. The summed E-state index contributed by atoms with van der Waals surface area (Å²) in [6.07, 6.45) is 1.84. The molecule has 2 aliphatic heterocycles. The third kappa shape index (κ3) is 2.99. The van der Waals surface area contributed by atoms with Gasteiger partial charge in [0.15, 0.2) is 0 Å². The number of hydrogen-bond donors (Lipinski definition) is 1. The molecule has 2 aliphatic rings. The summed E-state index contributed by atoms with van der Waals surface area (Å²) in [5, 5.41) is 1.12. The summed E-state index contributed by atoms with van der Waals surface area (Å²) < 4.78 is 0. The lowest BCUT2D eigenvalue weighted by Crippen LogP contribution is -2.30. The maximum Gasteiger partial charge on any atom is 0.231 e. The molecule has 0 radical (unpaired) electrons. The van der Waals surface area contributed by atoms with E-state index in [0.29, 0.717) is 0 Å². The Balaban J connectivity index is 1.46. The minimum Gasteiger partial charge on any atom is -0.369 e. The first-order valence-corrected chi connectivity index (χ1v) is 8.81. The molecular weight excluding hydrogens is 306 g/mol. The highest BCUT2D eigenvalue weighted by molar-refractivity contribution is 8.04. The molecule has 1 aromatic carbocycles. The number of pyridine rings is 1. The van der Waals surface area contributed by atoms with Crippen LogP contribution in [0.4, 0.5) is 0 Å². The van der Waals surface area contributed by atoms with E-state index in [-0.39, 0.29) is 11.2 Å². The molecule has 118 valence electrons. The van der Waals surface area contributed by atoms with E-state index in [1.54, 1.807) is 11.8 Å². The van der Waals surface area contributed by atoms with E-state index in [9.17, 15) is 4.79 Å². The number of carbonyl (C=O) groups is 1. The third-order valence-corrected chi connectivity index (χ3v) is 6.00. The molecule has 1 atom stereocenters. The number of hydrogen-bond acceptors (Lipinski definition) is 4. The molecule has 2 aromatic rings. The molecule has 5 heteroatoms. The average Bonchev–Trinajstić information content (AvgIpc) is 2.98. The number of fused-ring (bicyclic) bond motifs is 1. The Morgan fingerprint density at radius 3 is 3.04 bits per heavy atom. The van der Waals surface area contributed by atoms with Crippen LogP contribution in [0.5, 0.6) is 0 Å². The number of aromatic nitrogens is 1. The number of carbonyl (C=O) groups excluding carboxylic acids is 1. The summed E-state index contributed by atoms with van der Waals surface area (Å²) in [6, 6.07) is 12.5. The van der Waals surface area contributed by atoms with Crippen LogP contribution in [0.15, 0.2) is 46.9 Å². The minimum absolute atomic E-state index is 0.0567. The lowest BCUT2D eigenvalue weighted by Gasteiger charge is -2.27. The largest absolute Gasteiger partial charge is 0.369 e. The molecule has 1 aromatic heterocycles. The molecule has 3 heterocycles. The number of amides is 1. The van der Waals surface area contributed by atoms with Gasteiger partial charge in [-0.2, -0.15) is 0 Å². The molecule has 0 bridgehead atoms. The average molecular weight is 325 g/mol. The van der Waals surface area contributed by atoms with Crippen molar-refractivity contribution in [2.75, 3.05) is 13.1 Å². The van der Waals surface area contributed by atoms with Gasteiger partial charge < -0.3 is 5.73 Å². The second-order valence-electron chi connectivity index (χ2n) is 6.20. The molecule has 0 saturated heterocycles. The van der Waals surface area contributed by atoms with Crippen molar-refractivity contribution in [1.82, 2.24) is 9.88 Å². The van der Waals surface area contributed by atoms with Crippen molar-refractivity contribution in [3.8, 4) is 0 Å². The van der Waals surface area contributed by atoms with Gasteiger partial charge in [0, 0.05) is 25.0 Å². The zero-order chi connectivity index (χ0) is 15.8. The summed E-state index contributed by atoms with van der Waals surface area (Å²) in [6.45, 7) is 2.81. The predicted molar refractivity (Wildman–Crippen MR) is 93.9 cm³/mol. The lowest BCUT2D eigenvalue weighted by atomic mass is 10.0. The summed E-state index contributed by atoms with van der Waals surface area (Å²) in [4.78, 5) is 20.0. The number of nitrogens with zero attached hydrogens (tertiary/aromatic N) is 2. The number of thioether (sulfide) groups is 1. The molecule has 0 saturated carbocycles. The monoisotopic (exact) mass is 325 g/mol. The van der Waals surface area contributed by atoms with Crippen LogP contribution in [-0.4, -0.2) is 34.1 Å². The van der Waals surface area contributed by atoms with Crippen LogP contribution in [0.25, 0.3) is 10.9 Å². The van der Waals surface area contributed by atoms with Crippen molar-refractivity contribution >= 4 is 28.6 Å². The third-order valence-electron chi connectivity index (χ3n) is 4.54. The number of nitrogens with two attached hydrogens (primary N) is 1. The first-order chi connectivity index (χ1) is 11.2. The second kappa shape index (κ2) is 5.98. The topological polar surface area (TPSA) is 59.2 Å². The Labute approximate surface area is 139 Å². The normalized spacial score (nSPS) is 21.7. The fourth-order valence-corrected chi connectivity index (χ4v) is 4.62. The highest BCUT2D eigenvalue weighted by atomic mass is 32.2. The molecule has 0 aliphatic carbocycles. The maximum absolute atomic E-state index is 11.4. The number of benzene rings is 1. The fourth-order valence-electron chi connectivity index (χ4n) is 3.35. The van der Waals surface area contributed by atoms with Crippen LogP contribution in [0.1, 0.15) is 18.5 Å². The van der Waals surface area contributed by atoms with Crippen molar-refractivity contribution in [2.45, 2.75) is 24.6 Å². The van der Waals surface area contributed by atoms with E-state index in [0.717, 1.165) is 43.7 Å². The zero-order valence-electron chi connectivity index (χ0n) is 12.9. The lowest BCUT2D eigenvalue weighted by molar-refractivity contribution is -0.117. The van der Waals surface area contributed by atoms with Crippen LogP contribution < -0.4 is 5.73 Å². The van der Waals surface area contributed by atoms with Gasteiger partial charge in [-0.05, 0) is 35.5 Å². The van der Waals surface area contributed by atoms with Gasteiger partial charge in [0.2, 0.25) is 5.91 Å². The van der Waals surface area contributed by atoms with Crippen molar-refractivity contribution in [2.24, 2.45) is 5.73 Å². The van der Waals surface area contributed by atoms with Crippen molar-refractivity contribution in [3.05, 3.63) is 52.6 Å². The van der Waals surface area contributed by atoms with Crippen LogP contribution >= 0.6 is 11.8 Å². The summed E-state index contributed by atoms with van der Waals surface area (Å²) >= 11 is 1.68. The van der Waals surface area contributed by atoms with Gasteiger partial charge in [-0.3, -0.25) is 14.7 Å². The van der Waals surface area contributed by atoms with E-state index in [1.165, 1.54) is 15.9 Å². The van der Waals surface area contributed by atoms with Crippen molar-refractivity contribution < 1.29 is 4.79 Å². The van der Waals surface area contributed by atoms with Gasteiger partial charge in [-0.1, -0.05) is 24.3 Å². The van der Waals surface area contributed by atoms with E-state index < -0.39 is 0 Å². The van der Waals surface area contributed by atoms with Crippen LogP contribution in [0.3, 0.4) is 0 Å². The van der Waals surface area contributed by atoms with Gasteiger partial charge in [-0.25, -0.2) is 0 Å². The first kappa shape index (κ1) is 14.7. The zero-order valence-corrected chi connectivity index (χ0v) is 13.7. The summed E-state index contributed by atoms with van der Waals surface area (Å²) in [5.74, 6) is -0.188. The van der Waals surface area contributed by atoms with Crippen LogP contribution in [-0.2, 0) is 11.3 Å². The Bertz CT molecular complexity index is 802. The molecule has 1 amide bonds. The molecular formula is C18H19N3OS. The van der Waals surface area contributed by atoms with Gasteiger partial charge in [0.1, 0.15) is 0 Å². The quantitative estimate of drug-likeness (QED) is 0.942. The molecule has 2 N–H and O–H groups in total. The van der Waals surface area contributed by atoms with Crippen molar-refractivity contribution in [1.29, 1.82) is 0 Å². The predicted octanol–water partition coefficient (Wildman–Crippen LogP) is 2.69. The summed E-state index contributed by atoms with van der Waals surface area (Å²) in [5.41, 5.74) is 9.00. The standard InChI is InChI=1S/C18H19N3OS/c19-18(22)17-9-13-10-21(8-7-16(13)23-17)11-14-6-5-12-3-1-2-4-15(12)20-14/h1-6,17H,7-11H2,(H2,19,22). The number of rotatable bonds is 3. The van der Waals surface area contributed by atoms with Gasteiger partial charge in [0.05, 0.1) is 16.5 Å². The van der Waals surface area contributed by atoms with Gasteiger partial charge in [0.25, 0.3) is 0 Å². The van der Waals surface area contributed by atoms with E-state index in [2.05, 4.69) is 29.2 Å². The Morgan fingerprint density at radius 1 is 1.30 bits per heavy atom. The van der Waals surface area contributed by atoms with Gasteiger partial charge in [-0.15, -0.1) is 11.8 Å².